The number of rotatable bonds is 1. The van der Waals surface area contributed by atoms with Gasteiger partial charge in [0.1, 0.15) is 0 Å². The van der Waals surface area contributed by atoms with Gasteiger partial charge in [0, 0.05) is 38.1 Å². The molecule has 0 bridgehead atoms. The zero-order chi connectivity index (χ0) is 8.23. The second kappa shape index (κ2) is 5.17. The predicted octanol–water partition coefficient (Wildman–Crippen LogP) is 0.737. The van der Waals surface area contributed by atoms with Gasteiger partial charge in [-0.2, -0.15) is 0 Å². The summed E-state index contributed by atoms with van der Waals surface area (Å²) in [5.74, 6) is 0. The second-order valence-corrected chi connectivity index (χ2v) is 2.99. The lowest BCUT2D eigenvalue weighted by atomic mass is 10.1. The van der Waals surface area contributed by atoms with Gasteiger partial charge in [0.05, 0.1) is 0 Å². The normalized spacial score (nSPS) is 22.0. The number of pyridine rings is 1. The highest BCUT2D eigenvalue weighted by atomic mass is 35.5. The fourth-order valence-corrected chi connectivity index (χ4v) is 1.48. The molecule has 2 N–H and O–H groups in total. The molecule has 1 saturated heterocycles. The molecule has 1 aromatic heterocycles. The molecule has 0 radical (unpaired) electrons. The smallest absolute Gasteiger partial charge is 0.0448 e. The molecule has 0 spiro atoms. The Bertz CT molecular complexity index is 234. The van der Waals surface area contributed by atoms with Crippen molar-refractivity contribution in [2.24, 2.45) is 0 Å². The zero-order valence-electron chi connectivity index (χ0n) is 7.36. The van der Waals surface area contributed by atoms with E-state index < -0.39 is 0 Å². The van der Waals surface area contributed by atoms with Crippen molar-refractivity contribution in [1.29, 1.82) is 0 Å². The number of aromatic nitrogens is 1. The lowest BCUT2D eigenvalue weighted by molar-refractivity contribution is 0.430. The maximum absolute atomic E-state index is 3.99. The largest absolute Gasteiger partial charge is 0.314 e. The molecule has 1 aliphatic heterocycles. The molecular formula is C9H14ClN3. The molecule has 1 aliphatic rings. The van der Waals surface area contributed by atoms with Gasteiger partial charge in [-0.1, -0.05) is 0 Å². The topological polar surface area (TPSA) is 37.0 Å². The molecule has 1 aromatic rings. The summed E-state index contributed by atoms with van der Waals surface area (Å²) in [6.07, 6.45) is 3.68. The molecule has 0 aromatic carbocycles. The average molecular weight is 200 g/mol. The first-order valence-corrected chi connectivity index (χ1v) is 4.31. The summed E-state index contributed by atoms with van der Waals surface area (Å²) < 4.78 is 0. The van der Waals surface area contributed by atoms with E-state index in [1.54, 1.807) is 0 Å². The molecule has 2 rings (SSSR count). The molecule has 13 heavy (non-hydrogen) atoms. The fourth-order valence-electron chi connectivity index (χ4n) is 1.48. The highest BCUT2D eigenvalue weighted by Gasteiger charge is 2.12. The maximum Gasteiger partial charge on any atom is 0.0448 e. The van der Waals surface area contributed by atoms with Crippen LogP contribution in [0.5, 0.6) is 0 Å². The van der Waals surface area contributed by atoms with Crippen LogP contribution in [0.1, 0.15) is 11.6 Å². The molecule has 0 unspecified atom stereocenters. The van der Waals surface area contributed by atoms with Gasteiger partial charge in [-0.15, -0.1) is 12.4 Å². The van der Waals surface area contributed by atoms with E-state index in [-0.39, 0.29) is 12.4 Å². The van der Waals surface area contributed by atoms with Crippen molar-refractivity contribution in [2.75, 3.05) is 19.6 Å². The lowest BCUT2D eigenvalue weighted by Crippen LogP contribution is -2.42. The Morgan fingerprint density at radius 1 is 1.23 bits per heavy atom. The average Bonchev–Trinajstić information content (AvgIpc) is 2.21. The van der Waals surface area contributed by atoms with E-state index in [0.29, 0.717) is 6.04 Å². The van der Waals surface area contributed by atoms with Gasteiger partial charge >= 0.3 is 0 Å². The quantitative estimate of drug-likeness (QED) is 0.701. The van der Waals surface area contributed by atoms with Crippen molar-refractivity contribution < 1.29 is 0 Å². The Morgan fingerprint density at radius 2 is 2.00 bits per heavy atom. The van der Waals surface area contributed by atoms with E-state index in [4.69, 9.17) is 0 Å². The van der Waals surface area contributed by atoms with Crippen LogP contribution in [-0.4, -0.2) is 24.6 Å². The third kappa shape index (κ3) is 2.66. The van der Waals surface area contributed by atoms with Gasteiger partial charge in [-0.25, -0.2) is 0 Å². The maximum atomic E-state index is 3.99. The van der Waals surface area contributed by atoms with E-state index >= 15 is 0 Å². The minimum atomic E-state index is 0. The van der Waals surface area contributed by atoms with Gasteiger partial charge in [-0.05, 0) is 17.7 Å². The van der Waals surface area contributed by atoms with E-state index in [1.807, 2.05) is 12.4 Å². The van der Waals surface area contributed by atoms with Crippen molar-refractivity contribution in [3.05, 3.63) is 30.1 Å². The Balaban J connectivity index is 0.000000845. The molecule has 4 heteroatoms. The predicted molar refractivity (Wildman–Crippen MR) is 55.1 cm³/mol. The molecule has 1 atom stereocenters. The Hall–Kier alpha value is -0.640. The van der Waals surface area contributed by atoms with Crippen LogP contribution in [0.4, 0.5) is 0 Å². The summed E-state index contributed by atoms with van der Waals surface area (Å²) in [5.41, 5.74) is 1.32. The number of nitrogens with zero attached hydrogens (tertiary/aromatic N) is 1. The van der Waals surface area contributed by atoms with Crippen molar-refractivity contribution in [1.82, 2.24) is 15.6 Å². The monoisotopic (exact) mass is 199 g/mol. The number of piperazine rings is 1. The molecule has 3 nitrogen and oxygen atoms in total. The summed E-state index contributed by atoms with van der Waals surface area (Å²) in [6, 6.07) is 4.58. The van der Waals surface area contributed by atoms with Crippen LogP contribution in [0.15, 0.2) is 24.5 Å². The minimum Gasteiger partial charge on any atom is -0.314 e. The second-order valence-electron chi connectivity index (χ2n) is 2.99. The fraction of sp³-hybridized carbons (Fsp3) is 0.444. The molecule has 0 aliphatic carbocycles. The Labute approximate surface area is 84.4 Å². The van der Waals surface area contributed by atoms with Crippen LogP contribution in [0, 0.1) is 0 Å². The third-order valence-corrected chi connectivity index (χ3v) is 2.15. The lowest BCUT2D eigenvalue weighted by Gasteiger charge is -2.24. The van der Waals surface area contributed by atoms with Crippen molar-refractivity contribution in [3.8, 4) is 0 Å². The highest BCUT2D eigenvalue weighted by molar-refractivity contribution is 5.85. The summed E-state index contributed by atoms with van der Waals surface area (Å²) in [7, 11) is 0. The van der Waals surface area contributed by atoms with E-state index in [0.717, 1.165) is 19.6 Å². The Kier molecular flexibility index (Phi) is 4.15. The van der Waals surface area contributed by atoms with Crippen LogP contribution in [0.3, 0.4) is 0 Å². The first-order valence-electron chi connectivity index (χ1n) is 4.31. The van der Waals surface area contributed by atoms with Gasteiger partial charge in [0.2, 0.25) is 0 Å². The van der Waals surface area contributed by atoms with Crippen molar-refractivity contribution >= 4 is 12.4 Å². The number of hydrogen-bond acceptors (Lipinski definition) is 3. The van der Waals surface area contributed by atoms with E-state index in [9.17, 15) is 0 Å². The van der Waals surface area contributed by atoms with Crippen LogP contribution < -0.4 is 10.6 Å². The number of hydrogen-bond donors (Lipinski definition) is 2. The summed E-state index contributed by atoms with van der Waals surface area (Å²) in [5, 5.41) is 6.80. The van der Waals surface area contributed by atoms with E-state index in [2.05, 4.69) is 27.8 Å². The number of halogens is 1. The Morgan fingerprint density at radius 3 is 2.62 bits per heavy atom. The van der Waals surface area contributed by atoms with Crippen molar-refractivity contribution in [3.63, 3.8) is 0 Å². The third-order valence-electron chi connectivity index (χ3n) is 2.15. The molecule has 0 saturated carbocycles. The van der Waals surface area contributed by atoms with Crippen molar-refractivity contribution in [2.45, 2.75) is 6.04 Å². The zero-order valence-corrected chi connectivity index (χ0v) is 8.18. The summed E-state index contributed by atoms with van der Waals surface area (Å²) in [4.78, 5) is 3.99. The van der Waals surface area contributed by atoms with Gasteiger partial charge in [0.15, 0.2) is 0 Å². The summed E-state index contributed by atoms with van der Waals surface area (Å²) in [6.45, 7) is 3.14. The molecule has 0 amide bonds. The highest BCUT2D eigenvalue weighted by Crippen LogP contribution is 2.11. The standard InChI is InChI=1S/C9H13N3.ClH/c1-3-10-4-2-8(1)9-7-11-5-6-12-9;/h1-4,9,11-12H,5-7H2;1H/t9-;/m0./s1. The first-order chi connectivity index (χ1) is 5.97. The van der Waals surface area contributed by atoms with Crippen LogP contribution in [0.25, 0.3) is 0 Å². The van der Waals surface area contributed by atoms with Crippen LogP contribution in [-0.2, 0) is 0 Å². The van der Waals surface area contributed by atoms with Gasteiger partial charge in [-0.3, -0.25) is 4.98 Å². The minimum absolute atomic E-state index is 0. The molecule has 1 fully saturated rings. The summed E-state index contributed by atoms with van der Waals surface area (Å²) >= 11 is 0. The van der Waals surface area contributed by atoms with Gasteiger partial charge in [0.25, 0.3) is 0 Å². The molecular weight excluding hydrogens is 186 g/mol. The molecule has 72 valence electrons. The SMILES string of the molecule is Cl.c1cc([C@@H]2CNCCN2)ccn1. The van der Waals surface area contributed by atoms with Crippen LogP contribution >= 0.6 is 12.4 Å². The van der Waals surface area contributed by atoms with E-state index in [1.165, 1.54) is 5.56 Å². The number of nitrogens with one attached hydrogen (secondary N) is 2. The van der Waals surface area contributed by atoms with Gasteiger partial charge < -0.3 is 10.6 Å². The molecule has 2 heterocycles. The first kappa shape index (κ1) is 10.4. The van der Waals surface area contributed by atoms with Crippen LogP contribution in [0.2, 0.25) is 0 Å².